The molecule has 0 amide bonds. The Labute approximate surface area is 234 Å². The molecule has 216 valence electrons. The van der Waals surface area contributed by atoms with Crippen LogP contribution in [-0.4, -0.2) is 54.3 Å². The lowest BCUT2D eigenvalue weighted by molar-refractivity contribution is -0.274. The first-order valence-electron chi connectivity index (χ1n) is 13.2. The highest BCUT2D eigenvalue weighted by atomic mass is 19.4. The predicted molar refractivity (Wildman–Crippen MR) is 148 cm³/mol. The summed E-state index contributed by atoms with van der Waals surface area (Å²) in [6.45, 7) is 5.43. The van der Waals surface area contributed by atoms with Crippen LogP contribution in [0.2, 0.25) is 0 Å². The number of benzene rings is 2. The molecule has 4 aromatic rings. The third-order valence-electron chi connectivity index (χ3n) is 7.29. The highest BCUT2D eigenvalue weighted by Gasteiger charge is 2.31. The Bertz CT molecular complexity index is 1550. The van der Waals surface area contributed by atoms with Crippen LogP contribution < -0.4 is 19.3 Å². The molecule has 1 fully saturated rings. The van der Waals surface area contributed by atoms with Gasteiger partial charge in [-0.25, -0.2) is 9.37 Å². The molecule has 2 aromatic heterocycles. The number of Topliss-reactive ketones (excluding diaryl/α,β-unsaturated/α-hetero) is 1. The minimum Gasteiger partial charge on any atom is -0.497 e. The Balaban J connectivity index is 1.20. The van der Waals surface area contributed by atoms with E-state index in [2.05, 4.69) is 14.6 Å². The van der Waals surface area contributed by atoms with Gasteiger partial charge in [-0.05, 0) is 68.3 Å². The minimum atomic E-state index is -4.74. The van der Waals surface area contributed by atoms with Crippen LogP contribution in [-0.2, 0) is 6.42 Å². The van der Waals surface area contributed by atoms with Crippen molar-refractivity contribution in [3.05, 3.63) is 83.6 Å². The molecule has 2 aromatic carbocycles. The summed E-state index contributed by atoms with van der Waals surface area (Å²) >= 11 is 0. The van der Waals surface area contributed by atoms with Crippen molar-refractivity contribution in [3.8, 4) is 11.5 Å². The number of aromatic nitrogens is 2. The lowest BCUT2D eigenvalue weighted by atomic mass is 10.0. The third kappa shape index (κ3) is 6.23. The summed E-state index contributed by atoms with van der Waals surface area (Å²) in [6.07, 6.45) is -2.38. The topological polar surface area (TPSA) is 59.3 Å². The molecule has 0 unspecified atom stereocenters. The molecule has 0 N–H and O–H groups in total. The fourth-order valence-corrected chi connectivity index (χ4v) is 5.34. The van der Waals surface area contributed by atoms with Crippen LogP contribution in [0.1, 0.15) is 35.1 Å². The molecule has 3 heterocycles. The number of pyridine rings is 1. The second-order valence-corrected chi connectivity index (χ2v) is 10.1. The number of fused-ring (bicyclic) bond motifs is 1. The number of imidazole rings is 1. The van der Waals surface area contributed by atoms with Gasteiger partial charge in [-0.1, -0.05) is 6.07 Å². The highest BCUT2D eigenvalue weighted by Crippen LogP contribution is 2.30. The van der Waals surface area contributed by atoms with Gasteiger partial charge in [0.05, 0.1) is 18.5 Å². The van der Waals surface area contributed by atoms with Crippen LogP contribution in [0.4, 0.5) is 28.9 Å². The van der Waals surface area contributed by atoms with E-state index in [1.807, 2.05) is 17.9 Å². The predicted octanol–water partition coefficient (Wildman–Crippen LogP) is 6.22. The molecule has 0 saturated carbocycles. The number of rotatable bonds is 8. The van der Waals surface area contributed by atoms with E-state index < -0.39 is 6.36 Å². The first-order chi connectivity index (χ1) is 19.5. The van der Waals surface area contributed by atoms with Gasteiger partial charge in [-0.3, -0.25) is 9.20 Å². The largest absolute Gasteiger partial charge is 0.573 e. The first kappa shape index (κ1) is 28.3. The maximum absolute atomic E-state index is 15.2. The van der Waals surface area contributed by atoms with Crippen LogP contribution >= 0.6 is 0 Å². The molecular weight excluding hydrogens is 540 g/mol. The highest BCUT2D eigenvalue weighted by molar-refractivity contribution is 5.96. The molecule has 1 aliphatic heterocycles. The van der Waals surface area contributed by atoms with Gasteiger partial charge in [0.1, 0.15) is 28.7 Å². The normalized spacial score (nSPS) is 15.8. The van der Waals surface area contributed by atoms with Crippen molar-refractivity contribution in [2.45, 2.75) is 39.1 Å². The third-order valence-corrected chi connectivity index (χ3v) is 7.29. The van der Waals surface area contributed by atoms with E-state index in [0.29, 0.717) is 54.5 Å². The van der Waals surface area contributed by atoms with E-state index in [0.717, 1.165) is 11.3 Å². The average Bonchev–Trinajstić information content (AvgIpc) is 3.26. The zero-order chi connectivity index (χ0) is 29.3. The summed E-state index contributed by atoms with van der Waals surface area (Å²) in [4.78, 5) is 21.6. The monoisotopic (exact) mass is 570 g/mol. The molecule has 0 aliphatic carbocycles. The molecule has 1 saturated heterocycles. The molecule has 41 heavy (non-hydrogen) atoms. The Kier molecular flexibility index (Phi) is 7.79. The van der Waals surface area contributed by atoms with Crippen molar-refractivity contribution in [1.29, 1.82) is 0 Å². The Morgan fingerprint density at radius 2 is 1.80 bits per heavy atom. The number of hydrogen-bond acceptors (Lipinski definition) is 6. The molecule has 1 aliphatic rings. The number of ketones is 1. The van der Waals surface area contributed by atoms with Crippen molar-refractivity contribution in [2.75, 3.05) is 36.5 Å². The number of methoxy groups -OCH3 is 1. The van der Waals surface area contributed by atoms with Crippen LogP contribution in [0.25, 0.3) is 5.65 Å². The summed E-state index contributed by atoms with van der Waals surface area (Å²) in [5, 5.41) is 0. The van der Waals surface area contributed by atoms with Gasteiger partial charge in [0.25, 0.3) is 0 Å². The van der Waals surface area contributed by atoms with Crippen molar-refractivity contribution < 1.29 is 31.8 Å². The Morgan fingerprint density at radius 1 is 1.05 bits per heavy atom. The van der Waals surface area contributed by atoms with Gasteiger partial charge < -0.3 is 19.3 Å². The number of halogens is 4. The molecule has 11 heteroatoms. The summed E-state index contributed by atoms with van der Waals surface area (Å²) in [5.41, 5.74) is 3.74. The number of piperazine rings is 1. The number of nitrogens with zero attached hydrogens (tertiary/aromatic N) is 4. The fourth-order valence-electron chi connectivity index (χ4n) is 5.34. The van der Waals surface area contributed by atoms with Crippen molar-refractivity contribution >= 4 is 22.8 Å². The molecular formula is C30H30F4N4O3. The Hall–Kier alpha value is -4.28. The van der Waals surface area contributed by atoms with E-state index in [1.54, 1.807) is 55.0 Å². The quantitative estimate of drug-likeness (QED) is 0.185. The van der Waals surface area contributed by atoms with E-state index in [1.165, 1.54) is 18.2 Å². The van der Waals surface area contributed by atoms with Crippen molar-refractivity contribution in [2.24, 2.45) is 0 Å². The molecule has 0 radical (unpaired) electrons. The Morgan fingerprint density at radius 3 is 2.46 bits per heavy atom. The van der Waals surface area contributed by atoms with Gasteiger partial charge >= 0.3 is 6.36 Å². The van der Waals surface area contributed by atoms with Gasteiger partial charge in [-0.15, -0.1) is 13.2 Å². The second kappa shape index (κ2) is 11.3. The summed E-state index contributed by atoms with van der Waals surface area (Å²) in [6, 6.07) is 14.3. The SMILES string of the molecule is COc1ccn2c(C(=O)CCc3ccc(N4CCN(c5ccc(OC(F)(F)F)cc5)[C@@H](C)C4)c(F)c3)c(C)nc2c1. The average molecular weight is 571 g/mol. The van der Waals surface area contributed by atoms with Gasteiger partial charge in [0, 0.05) is 50.0 Å². The smallest absolute Gasteiger partial charge is 0.497 e. The van der Waals surface area contributed by atoms with Gasteiger partial charge in [-0.2, -0.15) is 0 Å². The number of carbonyl (C=O) groups is 1. The van der Waals surface area contributed by atoms with E-state index in [4.69, 9.17) is 4.74 Å². The van der Waals surface area contributed by atoms with E-state index >= 15 is 4.39 Å². The van der Waals surface area contributed by atoms with Crippen molar-refractivity contribution in [1.82, 2.24) is 9.38 Å². The van der Waals surface area contributed by atoms with Crippen LogP contribution in [0.5, 0.6) is 11.5 Å². The molecule has 1 atom stereocenters. The summed E-state index contributed by atoms with van der Waals surface area (Å²) < 4.78 is 63.5. The van der Waals surface area contributed by atoms with Crippen LogP contribution in [0.3, 0.4) is 0 Å². The molecule has 5 rings (SSSR count). The number of alkyl halides is 3. The second-order valence-electron chi connectivity index (χ2n) is 10.1. The lowest BCUT2D eigenvalue weighted by Crippen LogP contribution is -2.52. The summed E-state index contributed by atoms with van der Waals surface area (Å²) in [7, 11) is 1.57. The number of carbonyl (C=O) groups excluding carboxylic acids is 1. The number of aryl methyl sites for hydroxylation is 2. The number of anilines is 2. The zero-order valence-electron chi connectivity index (χ0n) is 22.9. The maximum Gasteiger partial charge on any atom is 0.573 e. The van der Waals surface area contributed by atoms with Gasteiger partial charge in [0.2, 0.25) is 0 Å². The van der Waals surface area contributed by atoms with Gasteiger partial charge in [0.15, 0.2) is 5.78 Å². The fraction of sp³-hybridized carbons (Fsp3) is 0.333. The van der Waals surface area contributed by atoms with Crippen LogP contribution in [0, 0.1) is 12.7 Å². The van der Waals surface area contributed by atoms with Crippen molar-refractivity contribution in [3.63, 3.8) is 0 Å². The van der Waals surface area contributed by atoms with E-state index in [9.17, 15) is 18.0 Å². The number of ether oxygens (including phenoxy) is 2. The standard InChI is InChI=1S/C30H30F4N4O3/c1-19-18-36(14-15-37(19)22-6-8-23(9-7-22)41-30(32,33)34)26-10-4-21(16-25(26)31)5-11-27(39)29-20(2)35-28-17-24(40-3)12-13-38(28)29/h4,6-10,12-13,16-17,19H,5,11,14-15,18H2,1-3H3/t19-/m0/s1. The zero-order valence-corrected chi connectivity index (χ0v) is 22.9. The van der Waals surface area contributed by atoms with Crippen LogP contribution in [0.15, 0.2) is 60.8 Å². The molecule has 7 nitrogen and oxygen atoms in total. The molecule has 0 bridgehead atoms. The first-order valence-corrected chi connectivity index (χ1v) is 13.2. The number of hydrogen-bond donors (Lipinski definition) is 0. The van der Waals surface area contributed by atoms with E-state index in [-0.39, 0.29) is 29.8 Å². The minimum absolute atomic E-state index is 0.0106. The molecule has 0 spiro atoms. The maximum atomic E-state index is 15.2. The summed E-state index contributed by atoms with van der Waals surface area (Å²) in [5.74, 6) is -0.0536. The lowest BCUT2D eigenvalue weighted by Gasteiger charge is -2.42.